The molecule has 3 aromatic rings. The van der Waals surface area contributed by atoms with Crippen LogP contribution in [0.2, 0.25) is 0 Å². The Balaban J connectivity index is 1.70. The zero-order valence-corrected chi connectivity index (χ0v) is 16.0. The summed E-state index contributed by atoms with van der Waals surface area (Å²) in [7, 11) is 1.80. The topological polar surface area (TPSA) is 63.5 Å². The Morgan fingerprint density at radius 1 is 0.966 bits per heavy atom. The Morgan fingerprint density at radius 2 is 1.69 bits per heavy atom. The van der Waals surface area contributed by atoms with Gasteiger partial charge in [-0.2, -0.15) is 0 Å². The van der Waals surface area contributed by atoms with Crippen molar-refractivity contribution in [1.29, 1.82) is 0 Å². The molecule has 1 aliphatic rings. The number of nitro benzene ring substituents is 1. The lowest BCUT2D eigenvalue weighted by Crippen LogP contribution is -2.14. The monoisotopic (exact) mass is 384 g/mol. The zero-order chi connectivity index (χ0) is 20.4. The Hall–Kier alpha value is -3.73. The predicted octanol–water partition coefficient (Wildman–Crippen LogP) is 5.58. The van der Waals surface area contributed by atoms with Crippen LogP contribution in [0, 0.1) is 10.1 Å². The van der Waals surface area contributed by atoms with Crippen molar-refractivity contribution in [2.75, 3.05) is 11.9 Å². The van der Waals surface area contributed by atoms with Gasteiger partial charge in [0.25, 0.3) is 5.69 Å². The highest BCUT2D eigenvalue weighted by molar-refractivity contribution is 6.13. The van der Waals surface area contributed by atoms with Gasteiger partial charge in [0.15, 0.2) is 5.78 Å². The molecule has 0 fully saturated rings. The van der Waals surface area contributed by atoms with Gasteiger partial charge in [0.2, 0.25) is 0 Å². The summed E-state index contributed by atoms with van der Waals surface area (Å²) in [6.45, 7) is 0. The molecule has 1 aliphatic carbocycles. The van der Waals surface area contributed by atoms with Crippen LogP contribution in [0.25, 0.3) is 6.08 Å². The fourth-order valence-corrected chi connectivity index (χ4v) is 3.71. The van der Waals surface area contributed by atoms with Gasteiger partial charge in [-0.25, -0.2) is 0 Å². The lowest BCUT2D eigenvalue weighted by molar-refractivity contribution is -0.384. The number of hydrogen-bond donors (Lipinski definition) is 0. The van der Waals surface area contributed by atoms with E-state index in [1.165, 1.54) is 6.07 Å². The van der Waals surface area contributed by atoms with Crippen molar-refractivity contribution in [3.63, 3.8) is 0 Å². The largest absolute Gasteiger partial charge is 0.339 e. The Bertz CT molecular complexity index is 1120. The molecule has 0 bridgehead atoms. The van der Waals surface area contributed by atoms with E-state index in [2.05, 4.69) is 0 Å². The van der Waals surface area contributed by atoms with Gasteiger partial charge in [-0.1, -0.05) is 48.5 Å². The predicted molar refractivity (Wildman–Crippen MR) is 115 cm³/mol. The maximum atomic E-state index is 12.8. The first kappa shape index (κ1) is 18.6. The molecule has 5 nitrogen and oxygen atoms in total. The number of para-hydroxylation sites is 1. The van der Waals surface area contributed by atoms with E-state index in [9.17, 15) is 14.9 Å². The number of anilines is 2. The number of carbonyl (C=O) groups excluding carboxylic acids is 1. The normalized spacial score (nSPS) is 14.5. The molecule has 144 valence electrons. The van der Waals surface area contributed by atoms with Crippen LogP contribution in [0.1, 0.15) is 27.9 Å². The number of nitro groups is 1. The van der Waals surface area contributed by atoms with Crippen LogP contribution in [-0.4, -0.2) is 17.8 Å². The molecule has 0 aliphatic heterocycles. The molecule has 29 heavy (non-hydrogen) atoms. The summed E-state index contributed by atoms with van der Waals surface area (Å²) in [4.78, 5) is 25.9. The number of hydrogen-bond acceptors (Lipinski definition) is 4. The molecule has 0 unspecified atom stereocenters. The molecular weight excluding hydrogens is 364 g/mol. The summed E-state index contributed by atoms with van der Waals surface area (Å²) in [5.74, 6) is -0.0000156. The molecule has 0 amide bonds. The van der Waals surface area contributed by atoms with Crippen LogP contribution in [0.15, 0.2) is 78.4 Å². The molecule has 0 saturated carbocycles. The molecular formula is C24H20N2O3. The van der Waals surface area contributed by atoms with E-state index in [1.54, 1.807) is 24.1 Å². The molecule has 0 aromatic heterocycles. The van der Waals surface area contributed by atoms with Crippen molar-refractivity contribution in [1.82, 2.24) is 0 Å². The van der Waals surface area contributed by atoms with E-state index in [4.69, 9.17) is 0 Å². The van der Waals surface area contributed by atoms with Crippen molar-refractivity contribution in [2.24, 2.45) is 0 Å². The average Bonchev–Trinajstić information content (AvgIpc) is 2.76. The van der Waals surface area contributed by atoms with Gasteiger partial charge >= 0.3 is 0 Å². The Morgan fingerprint density at radius 3 is 2.45 bits per heavy atom. The zero-order valence-electron chi connectivity index (χ0n) is 16.0. The van der Waals surface area contributed by atoms with Crippen LogP contribution in [-0.2, 0) is 6.42 Å². The van der Waals surface area contributed by atoms with Crippen molar-refractivity contribution < 1.29 is 9.72 Å². The van der Waals surface area contributed by atoms with E-state index in [-0.39, 0.29) is 16.4 Å². The first-order chi connectivity index (χ1) is 14.0. The van der Waals surface area contributed by atoms with Gasteiger partial charge in [0, 0.05) is 29.9 Å². The van der Waals surface area contributed by atoms with Crippen LogP contribution in [0.4, 0.5) is 17.1 Å². The van der Waals surface area contributed by atoms with Crippen molar-refractivity contribution >= 4 is 28.9 Å². The minimum atomic E-state index is -0.380. The minimum Gasteiger partial charge on any atom is -0.339 e. The molecule has 0 atom stereocenters. The third-order valence-electron chi connectivity index (χ3n) is 5.26. The molecule has 3 aromatic carbocycles. The highest BCUT2D eigenvalue weighted by atomic mass is 16.6. The minimum absolute atomic E-state index is 0.0000156. The number of ketones is 1. The van der Waals surface area contributed by atoms with Crippen molar-refractivity contribution in [3.05, 3.63) is 105 Å². The van der Waals surface area contributed by atoms with Gasteiger partial charge in [-0.15, -0.1) is 0 Å². The number of allylic oxidation sites excluding steroid dienone is 1. The second-order valence-corrected chi connectivity index (χ2v) is 7.06. The molecule has 0 heterocycles. The third kappa shape index (κ3) is 3.67. The van der Waals surface area contributed by atoms with E-state index < -0.39 is 0 Å². The van der Waals surface area contributed by atoms with Crippen molar-refractivity contribution in [3.8, 4) is 0 Å². The molecule has 0 radical (unpaired) electrons. The summed E-state index contributed by atoms with van der Waals surface area (Å²) in [5.41, 5.74) is 4.49. The van der Waals surface area contributed by atoms with E-state index in [0.717, 1.165) is 23.2 Å². The van der Waals surface area contributed by atoms with Gasteiger partial charge < -0.3 is 4.90 Å². The maximum Gasteiger partial charge on any atom is 0.293 e. The second kappa shape index (κ2) is 7.72. The number of aryl methyl sites for hydroxylation is 1. The number of nitrogens with zero attached hydrogens (tertiary/aromatic N) is 2. The SMILES string of the molecule is CN(c1ccccc1)c1ccc(/C=C2/CCc3ccccc3C2=O)cc1[N+](=O)[O-]. The summed E-state index contributed by atoms with van der Waals surface area (Å²) in [6, 6.07) is 22.2. The number of fused-ring (bicyclic) bond motifs is 1. The third-order valence-corrected chi connectivity index (χ3v) is 5.26. The summed E-state index contributed by atoms with van der Waals surface area (Å²) >= 11 is 0. The molecule has 5 heteroatoms. The first-order valence-corrected chi connectivity index (χ1v) is 9.45. The summed E-state index contributed by atoms with van der Waals surface area (Å²) < 4.78 is 0. The highest BCUT2D eigenvalue weighted by Gasteiger charge is 2.22. The summed E-state index contributed by atoms with van der Waals surface area (Å²) in [6.07, 6.45) is 3.21. The van der Waals surface area contributed by atoms with Crippen molar-refractivity contribution in [2.45, 2.75) is 12.8 Å². The first-order valence-electron chi connectivity index (χ1n) is 9.45. The Kier molecular flexibility index (Phi) is 4.96. The molecule has 0 saturated heterocycles. The molecule has 4 rings (SSSR count). The van der Waals surface area contributed by atoms with Gasteiger partial charge in [-0.3, -0.25) is 14.9 Å². The standard InChI is InChI=1S/C24H20N2O3/c1-25(20-8-3-2-4-9-20)22-14-11-17(16-23(22)26(28)29)15-19-13-12-18-7-5-6-10-21(18)24(19)27/h2-11,14-16H,12-13H2,1H3/b19-15-. The smallest absolute Gasteiger partial charge is 0.293 e. The highest BCUT2D eigenvalue weighted by Crippen LogP contribution is 2.34. The average molecular weight is 384 g/mol. The van der Waals surface area contributed by atoms with E-state index in [1.807, 2.05) is 60.7 Å². The van der Waals surface area contributed by atoms with E-state index in [0.29, 0.717) is 23.2 Å². The number of benzene rings is 3. The fourth-order valence-electron chi connectivity index (χ4n) is 3.71. The van der Waals surface area contributed by atoms with Gasteiger partial charge in [-0.05, 0) is 48.2 Å². The van der Waals surface area contributed by atoms with Gasteiger partial charge in [0.1, 0.15) is 5.69 Å². The quantitative estimate of drug-likeness (QED) is 0.335. The maximum absolute atomic E-state index is 12.8. The number of Topliss-reactive ketones (excluding diaryl/α,β-unsaturated/α-hetero) is 1. The van der Waals surface area contributed by atoms with Crippen LogP contribution in [0.5, 0.6) is 0 Å². The lowest BCUT2D eigenvalue weighted by atomic mass is 9.86. The lowest BCUT2D eigenvalue weighted by Gasteiger charge is -2.20. The molecule has 0 N–H and O–H groups in total. The van der Waals surface area contributed by atoms with Crippen LogP contribution >= 0.6 is 0 Å². The fraction of sp³-hybridized carbons (Fsp3) is 0.125. The summed E-state index contributed by atoms with van der Waals surface area (Å²) in [5, 5.41) is 11.7. The van der Waals surface area contributed by atoms with E-state index >= 15 is 0 Å². The number of carbonyl (C=O) groups is 1. The molecule has 0 spiro atoms. The van der Waals surface area contributed by atoms with Crippen LogP contribution < -0.4 is 4.90 Å². The van der Waals surface area contributed by atoms with Crippen LogP contribution in [0.3, 0.4) is 0 Å². The Labute approximate surface area is 169 Å². The second-order valence-electron chi connectivity index (χ2n) is 7.06. The number of rotatable bonds is 4. The van der Waals surface area contributed by atoms with Gasteiger partial charge in [0.05, 0.1) is 4.92 Å².